The molecule has 7 N–H and O–H groups in total. The topological polar surface area (TPSA) is 90.1 Å². The van der Waals surface area contributed by atoms with Gasteiger partial charge in [0.05, 0.1) is 0 Å². The summed E-state index contributed by atoms with van der Waals surface area (Å²) < 4.78 is 0. The first kappa shape index (κ1) is 11.1. The molecule has 1 saturated heterocycles. The second kappa shape index (κ2) is 4.85. The van der Waals surface area contributed by atoms with Gasteiger partial charge in [0.15, 0.2) is 0 Å². The molecule has 10 heavy (non-hydrogen) atoms. The van der Waals surface area contributed by atoms with Crippen molar-refractivity contribution in [2.45, 2.75) is 24.7 Å². The van der Waals surface area contributed by atoms with Crippen molar-refractivity contribution in [3.63, 3.8) is 0 Å². The fraction of sp³-hybridized carbons (Fsp3) is 0.800. The van der Waals surface area contributed by atoms with E-state index in [-0.39, 0.29) is 55.1 Å². The van der Waals surface area contributed by atoms with E-state index >= 15 is 0 Å². The Morgan fingerprint density at radius 1 is 1.30 bits per heavy atom. The summed E-state index contributed by atoms with van der Waals surface area (Å²) in [6, 6.07) is 0.0461. The molecule has 5 heteroatoms. The summed E-state index contributed by atoms with van der Waals surface area (Å²) in [6.07, 6.45) is 0.651. The second-order valence-electron chi connectivity index (χ2n) is 2.42. The van der Waals surface area contributed by atoms with E-state index in [0.717, 1.165) is 6.42 Å². The van der Waals surface area contributed by atoms with Crippen LogP contribution in [0.15, 0.2) is 0 Å². The number of piperidine rings is 1. The van der Waals surface area contributed by atoms with Gasteiger partial charge >= 0.3 is 0 Å². The number of nitrogens with two attached hydrogens (primary N) is 3. The Labute approximate surface area is 90.1 Å². The molecule has 0 bridgehead atoms. The van der Waals surface area contributed by atoms with Crippen molar-refractivity contribution in [1.29, 1.82) is 0 Å². The van der Waals surface area contributed by atoms with Crippen LogP contribution >= 0.6 is 0 Å². The van der Waals surface area contributed by atoms with Crippen LogP contribution in [0.1, 0.15) is 6.42 Å². The van der Waals surface area contributed by atoms with Gasteiger partial charge in [0.25, 0.3) is 0 Å². The molecule has 0 aromatic rings. The minimum Gasteiger partial charge on any atom is -0.453 e. The molecular formula is C5H13N4Tm-. The van der Waals surface area contributed by atoms with Crippen LogP contribution < -0.4 is 22.5 Å². The van der Waals surface area contributed by atoms with Gasteiger partial charge in [0.2, 0.25) is 0 Å². The van der Waals surface area contributed by atoms with Gasteiger partial charge in [-0.2, -0.15) is 0 Å². The molecule has 1 aliphatic rings. The van der Waals surface area contributed by atoms with Gasteiger partial charge < -0.3 is 22.5 Å². The maximum Gasteiger partial charge on any atom is 0.0431 e. The van der Waals surface area contributed by atoms with Gasteiger partial charge in [0.1, 0.15) is 0 Å². The summed E-state index contributed by atoms with van der Waals surface area (Å²) >= 11 is 0. The third-order valence-electron chi connectivity index (χ3n) is 1.51. The summed E-state index contributed by atoms with van der Waals surface area (Å²) in [4.78, 5) is 0. The van der Waals surface area contributed by atoms with Crippen molar-refractivity contribution >= 4 is 0 Å². The Morgan fingerprint density at radius 3 is 2.30 bits per heavy atom. The Morgan fingerprint density at radius 2 is 1.90 bits per heavy atom. The Hall–Kier alpha value is 1.07. The van der Waals surface area contributed by atoms with Gasteiger partial charge in [-0.3, -0.25) is 6.54 Å². The number of nitrogens with one attached hydrogen (secondary N) is 1. The minimum absolute atomic E-state index is 0. The van der Waals surface area contributed by atoms with Gasteiger partial charge in [-0.15, -0.1) is 6.04 Å². The average molecular weight is 298 g/mol. The number of hydrogen-bond acceptors (Lipinski definition) is 4. The first-order valence-corrected chi connectivity index (χ1v) is 3.06. The zero-order chi connectivity index (χ0) is 6.85. The summed E-state index contributed by atoms with van der Waals surface area (Å²) in [5, 5.41) is 2.88. The van der Waals surface area contributed by atoms with E-state index in [1.807, 2.05) is 0 Å². The van der Waals surface area contributed by atoms with Crippen LogP contribution in [-0.4, -0.2) is 18.2 Å². The Bertz CT molecular complexity index is 99.6. The van der Waals surface area contributed by atoms with E-state index in [2.05, 4.69) is 5.32 Å². The monoisotopic (exact) mass is 298 g/mol. The van der Waals surface area contributed by atoms with E-state index < -0.39 is 0 Å². The predicted molar refractivity (Wildman–Crippen MR) is 36.0 cm³/mol. The maximum atomic E-state index is 5.58. The van der Waals surface area contributed by atoms with E-state index in [0.29, 0.717) is 0 Å². The van der Waals surface area contributed by atoms with Gasteiger partial charge in [-0.1, -0.05) is 0 Å². The molecule has 1 rings (SSSR count). The van der Waals surface area contributed by atoms with Crippen molar-refractivity contribution in [3.8, 4) is 0 Å². The third-order valence-corrected chi connectivity index (χ3v) is 1.51. The molecule has 0 saturated carbocycles. The molecular weight excluding hydrogens is 285 g/mol. The van der Waals surface area contributed by atoms with Crippen LogP contribution in [0.2, 0.25) is 0 Å². The third kappa shape index (κ3) is 2.99. The molecule has 1 radical (unpaired) electrons. The SMILES string of the molecule is NC1[CH-]NC(N)C(N)C1.[Tm]. The zero-order valence-corrected chi connectivity index (χ0v) is 7.31. The van der Waals surface area contributed by atoms with Crippen molar-refractivity contribution in [1.82, 2.24) is 5.32 Å². The molecule has 0 spiro atoms. The quantitative estimate of drug-likeness (QED) is 0.393. The number of hydrogen-bond donors (Lipinski definition) is 4. The molecule has 3 unspecified atom stereocenters. The maximum absolute atomic E-state index is 5.58. The fourth-order valence-corrected chi connectivity index (χ4v) is 0.887. The standard InChI is InChI=1S/C5H13N4.Tm/c6-3-1-4(7)5(8)9-2-3;/h2-5,9H,1,6-8H2;/q-1;. The molecule has 1 fully saturated rings. The van der Waals surface area contributed by atoms with Crippen LogP contribution in [-0.2, 0) is 0 Å². The van der Waals surface area contributed by atoms with Crippen molar-refractivity contribution < 1.29 is 36.9 Å². The van der Waals surface area contributed by atoms with Crippen LogP contribution in [0.4, 0.5) is 0 Å². The predicted octanol–water partition coefficient (Wildman–Crippen LogP) is -1.92. The molecule has 3 atom stereocenters. The van der Waals surface area contributed by atoms with Crippen LogP contribution in [0.25, 0.3) is 0 Å². The largest absolute Gasteiger partial charge is 0.453 e. The average Bonchev–Trinajstić information content (AvgIpc) is 1.80. The van der Waals surface area contributed by atoms with Crippen LogP contribution in [0.3, 0.4) is 0 Å². The molecule has 0 aromatic carbocycles. The first-order valence-electron chi connectivity index (χ1n) is 3.06. The minimum atomic E-state index is -0.121. The molecule has 0 amide bonds. The molecule has 1 heterocycles. The van der Waals surface area contributed by atoms with E-state index in [9.17, 15) is 0 Å². The summed E-state index contributed by atoms with van der Waals surface area (Å²) in [5.74, 6) is 0. The summed E-state index contributed by atoms with van der Waals surface area (Å²) in [6.45, 7) is 1.79. The van der Waals surface area contributed by atoms with Crippen molar-refractivity contribution in [2.75, 3.05) is 0 Å². The normalized spacial score (nSPS) is 40.5. The van der Waals surface area contributed by atoms with Crippen molar-refractivity contribution in [2.24, 2.45) is 17.2 Å². The van der Waals surface area contributed by atoms with Crippen LogP contribution in [0, 0.1) is 43.4 Å². The molecule has 1 aliphatic heterocycles. The Balaban J connectivity index is 0.000000810. The summed E-state index contributed by atoms with van der Waals surface area (Å²) in [5.41, 5.74) is 16.6. The zero-order valence-electron chi connectivity index (χ0n) is 5.53. The first-order chi connectivity index (χ1) is 4.20. The van der Waals surface area contributed by atoms with E-state index in [4.69, 9.17) is 17.2 Å². The van der Waals surface area contributed by atoms with E-state index in [1.54, 1.807) is 6.54 Å². The van der Waals surface area contributed by atoms with Gasteiger partial charge in [-0.25, -0.2) is 0 Å². The fourth-order valence-electron chi connectivity index (χ4n) is 0.887. The van der Waals surface area contributed by atoms with Gasteiger partial charge in [-0.05, 0) is 6.42 Å². The van der Waals surface area contributed by atoms with E-state index in [1.165, 1.54) is 0 Å². The molecule has 0 aromatic heterocycles. The number of rotatable bonds is 0. The van der Waals surface area contributed by atoms with Crippen molar-refractivity contribution in [3.05, 3.63) is 6.54 Å². The summed E-state index contributed by atoms with van der Waals surface area (Å²) in [7, 11) is 0. The molecule has 0 aliphatic carbocycles. The second-order valence-corrected chi connectivity index (χ2v) is 2.42. The molecule has 67 valence electrons. The Kier molecular flexibility index (Phi) is 5.37. The molecule has 4 nitrogen and oxygen atoms in total. The smallest absolute Gasteiger partial charge is 0.0431 e. The van der Waals surface area contributed by atoms with Gasteiger partial charge in [0, 0.05) is 49.1 Å². The van der Waals surface area contributed by atoms with Crippen LogP contribution in [0.5, 0.6) is 0 Å².